The molecule has 7 heteroatoms. The van der Waals surface area contributed by atoms with E-state index in [2.05, 4.69) is 37.7 Å². The zero-order valence-electron chi connectivity index (χ0n) is 18.1. The summed E-state index contributed by atoms with van der Waals surface area (Å²) in [5.41, 5.74) is 2.65. The van der Waals surface area contributed by atoms with Crippen LogP contribution in [0.2, 0.25) is 0 Å². The number of anilines is 2. The first kappa shape index (κ1) is 20.2. The Hall–Kier alpha value is -3.74. The van der Waals surface area contributed by atoms with Gasteiger partial charge in [0.1, 0.15) is 11.6 Å². The second kappa shape index (κ2) is 8.78. The molecule has 3 aromatic heterocycles. The molecule has 1 aromatic carbocycles. The Morgan fingerprint density at radius 3 is 2.66 bits per heavy atom. The third-order valence-corrected chi connectivity index (χ3v) is 6.06. The van der Waals surface area contributed by atoms with Crippen LogP contribution in [0.25, 0.3) is 22.0 Å². The Morgan fingerprint density at radius 2 is 1.84 bits per heavy atom. The summed E-state index contributed by atoms with van der Waals surface area (Å²) in [6, 6.07) is 12.0. The van der Waals surface area contributed by atoms with Crippen LogP contribution in [0.4, 0.5) is 11.6 Å². The van der Waals surface area contributed by atoms with Crippen LogP contribution in [0.5, 0.6) is 0 Å². The predicted octanol–water partition coefficient (Wildman–Crippen LogP) is 5.03. The van der Waals surface area contributed by atoms with Crippen molar-refractivity contribution in [2.24, 2.45) is 7.05 Å². The maximum absolute atomic E-state index is 12.9. The van der Waals surface area contributed by atoms with Gasteiger partial charge >= 0.3 is 0 Å². The lowest BCUT2D eigenvalue weighted by atomic mass is 9.95. The lowest BCUT2D eigenvalue weighted by Gasteiger charge is -2.23. The summed E-state index contributed by atoms with van der Waals surface area (Å²) in [6.07, 6.45) is 13.2. The molecular weight excluding hydrogens is 400 g/mol. The normalized spacial score (nSPS) is 14.4. The van der Waals surface area contributed by atoms with Crippen LogP contribution >= 0.6 is 0 Å². The Balaban J connectivity index is 1.34. The first-order valence-electron chi connectivity index (χ1n) is 11.1. The summed E-state index contributed by atoms with van der Waals surface area (Å²) in [6.45, 7) is 0. The molecule has 0 spiro atoms. The Kier molecular flexibility index (Phi) is 5.54. The van der Waals surface area contributed by atoms with Crippen LogP contribution in [0.15, 0.2) is 61.3 Å². The fourth-order valence-electron chi connectivity index (χ4n) is 4.30. The van der Waals surface area contributed by atoms with Gasteiger partial charge in [-0.05, 0) is 42.5 Å². The molecule has 1 saturated carbocycles. The van der Waals surface area contributed by atoms with Crippen LogP contribution in [0.3, 0.4) is 0 Å². The topological polar surface area (TPSA) is 84.7 Å². The number of fused-ring (bicyclic) bond motifs is 1. The molecule has 0 saturated heterocycles. The molecule has 162 valence electrons. The monoisotopic (exact) mass is 426 g/mol. The Labute approximate surface area is 186 Å². The minimum absolute atomic E-state index is 0.200. The summed E-state index contributed by atoms with van der Waals surface area (Å²) in [4.78, 5) is 25.9. The summed E-state index contributed by atoms with van der Waals surface area (Å²) in [5, 5.41) is 8.41. The molecule has 0 atom stereocenters. The molecule has 4 aromatic rings. The van der Waals surface area contributed by atoms with E-state index in [1.165, 1.54) is 19.3 Å². The van der Waals surface area contributed by atoms with Gasteiger partial charge in [0.05, 0.1) is 18.2 Å². The van der Waals surface area contributed by atoms with Crippen molar-refractivity contribution in [1.29, 1.82) is 0 Å². The van der Waals surface area contributed by atoms with Crippen LogP contribution < -0.4 is 10.6 Å². The third-order valence-electron chi connectivity index (χ3n) is 6.06. The van der Waals surface area contributed by atoms with Gasteiger partial charge in [-0.25, -0.2) is 15.0 Å². The zero-order valence-corrected chi connectivity index (χ0v) is 18.1. The number of pyridine rings is 2. The van der Waals surface area contributed by atoms with E-state index >= 15 is 0 Å². The van der Waals surface area contributed by atoms with E-state index in [0.29, 0.717) is 17.4 Å². The number of carbonyl (C=O) groups is 1. The van der Waals surface area contributed by atoms with Crippen molar-refractivity contribution >= 4 is 28.3 Å². The molecule has 7 nitrogen and oxygen atoms in total. The van der Waals surface area contributed by atoms with E-state index in [1.54, 1.807) is 24.8 Å². The highest BCUT2D eigenvalue weighted by Crippen LogP contribution is 2.25. The number of hydrogen-bond acceptors (Lipinski definition) is 5. The molecule has 0 aliphatic heterocycles. The Morgan fingerprint density at radius 1 is 0.969 bits per heavy atom. The van der Waals surface area contributed by atoms with Crippen molar-refractivity contribution in [2.75, 3.05) is 10.6 Å². The molecule has 1 aliphatic rings. The van der Waals surface area contributed by atoms with Crippen molar-refractivity contribution < 1.29 is 4.79 Å². The van der Waals surface area contributed by atoms with Gasteiger partial charge in [0.2, 0.25) is 0 Å². The van der Waals surface area contributed by atoms with Gasteiger partial charge in [-0.3, -0.25) is 4.79 Å². The number of carbonyl (C=O) groups excluding carboxylic acids is 1. The number of aryl methyl sites for hydroxylation is 1. The zero-order chi connectivity index (χ0) is 21.9. The lowest BCUT2D eigenvalue weighted by Crippen LogP contribution is -2.23. The average Bonchev–Trinajstić information content (AvgIpc) is 3.25. The molecule has 3 heterocycles. The van der Waals surface area contributed by atoms with E-state index in [-0.39, 0.29) is 5.91 Å². The smallest absolute Gasteiger partial charge is 0.257 e. The number of nitrogens with zero attached hydrogens (tertiary/aromatic N) is 4. The van der Waals surface area contributed by atoms with E-state index in [0.717, 1.165) is 40.7 Å². The summed E-state index contributed by atoms with van der Waals surface area (Å²) < 4.78 is 1.98. The largest absolute Gasteiger partial charge is 0.367 e. The van der Waals surface area contributed by atoms with Gasteiger partial charge in [-0.2, -0.15) is 0 Å². The van der Waals surface area contributed by atoms with Crippen molar-refractivity contribution in [3.05, 3.63) is 66.9 Å². The van der Waals surface area contributed by atoms with Gasteiger partial charge < -0.3 is 15.2 Å². The Bertz CT molecular complexity index is 1260. The number of hydrogen-bond donors (Lipinski definition) is 2. The molecule has 32 heavy (non-hydrogen) atoms. The molecule has 2 N–H and O–H groups in total. The minimum Gasteiger partial charge on any atom is -0.367 e. The number of nitrogens with one attached hydrogen (secondary N) is 2. The minimum atomic E-state index is -0.200. The average molecular weight is 427 g/mol. The second-order valence-electron chi connectivity index (χ2n) is 8.38. The van der Waals surface area contributed by atoms with E-state index < -0.39 is 0 Å². The van der Waals surface area contributed by atoms with Crippen LogP contribution in [0.1, 0.15) is 42.5 Å². The van der Waals surface area contributed by atoms with E-state index in [1.807, 2.05) is 36.0 Å². The molecule has 1 aliphatic carbocycles. The number of aromatic nitrogens is 4. The molecular formula is C25H26N6O. The van der Waals surface area contributed by atoms with Gasteiger partial charge in [0.25, 0.3) is 5.91 Å². The molecule has 5 rings (SSSR count). The van der Waals surface area contributed by atoms with Gasteiger partial charge in [0.15, 0.2) is 0 Å². The number of amides is 1. The van der Waals surface area contributed by atoms with Crippen molar-refractivity contribution in [3.63, 3.8) is 0 Å². The lowest BCUT2D eigenvalue weighted by molar-refractivity contribution is 0.102. The first-order chi connectivity index (χ1) is 15.7. The van der Waals surface area contributed by atoms with Gasteiger partial charge in [-0.15, -0.1) is 0 Å². The molecule has 0 bridgehead atoms. The highest BCUT2D eigenvalue weighted by Gasteiger charge is 2.15. The molecule has 1 amide bonds. The maximum atomic E-state index is 12.9. The highest BCUT2D eigenvalue weighted by atomic mass is 16.1. The van der Waals surface area contributed by atoms with Gasteiger partial charge in [-0.1, -0.05) is 31.4 Å². The maximum Gasteiger partial charge on any atom is 0.257 e. The molecule has 0 unspecified atom stereocenters. The third kappa shape index (κ3) is 4.32. The molecule has 1 fully saturated rings. The predicted molar refractivity (Wildman–Crippen MR) is 127 cm³/mol. The molecule has 0 radical (unpaired) electrons. The van der Waals surface area contributed by atoms with Crippen LogP contribution in [-0.4, -0.2) is 31.5 Å². The van der Waals surface area contributed by atoms with E-state index in [9.17, 15) is 4.79 Å². The number of imidazole rings is 1. The number of benzene rings is 1. The van der Waals surface area contributed by atoms with Crippen LogP contribution in [-0.2, 0) is 7.05 Å². The highest BCUT2D eigenvalue weighted by molar-refractivity contribution is 6.05. The van der Waals surface area contributed by atoms with E-state index in [4.69, 9.17) is 0 Å². The fourth-order valence-corrected chi connectivity index (χ4v) is 4.30. The summed E-state index contributed by atoms with van der Waals surface area (Å²) in [7, 11) is 1.97. The quantitative estimate of drug-likeness (QED) is 0.468. The van der Waals surface area contributed by atoms with Crippen molar-refractivity contribution in [3.8, 4) is 11.3 Å². The standard InChI is InChI=1S/C25H26N6O/c1-31-16-26-15-22(31)17-7-8-19-14-28-24(13-20(19)11-17)30-25(32)18-9-10-27-23(12-18)29-21-5-3-2-4-6-21/h7-16,21H,2-6H2,1H3,(H,27,29)(H,28,30,32). The van der Waals surface area contributed by atoms with Gasteiger partial charge in [0, 0.05) is 42.0 Å². The fraction of sp³-hybridized carbons (Fsp3) is 0.280. The first-order valence-corrected chi connectivity index (χ1v) is 11.1. The summed E-state index contributed by atoms with van der Waals surface area (Å²) >= 11 is 0. The van der Waals surface area contributed by atoms with Crippen LogP contribution in [0, 0.1) is 0 Å². The summed E-state index contributed by atoms with van der Waals surface area (Å²) in [5.74, 6) is 1.06. The van der Waals surface area contributed by atoms with Crippen molar-refractivity contribution in [1.82, 2.24) is 19.5 Å². The second-order valence-corrected chi connectivity index (χ2v) is 8.38. The number of rotatable bonds is 5. The van der Waals surface area contributed by atoms with Crippen molar-refractivity contribution in [2.45, 2.75) is 38.1 Å². The SMILES string of the molecule is Cn1cncc1-c1ccc2cnc(NC(=O)c3ccnc(NC4CCCCC4)c3)cc2c1.